The van der Waals surface area contributed by atoms with E-state index in [1.54, 1.807) is 0 Å². The third-order valence-corrected chi connectivity index (χ3v) is 3.62. The lowest BCUT2D eigenvalue weighted by molar-refractivity contribution is -0.119. The Bertz CT molecular complexity index is 416. The summed E-state index contributed by atoms with van der Waals surface area (Å²) >= 11 is 0. The van der Waals surface area contributed by atoms with Crippen LogP contribution in [0.3, 0.4) is 0 Å². The van der Waals surface area contributed by atoms with E-state index < -0.39 is 0 Å². The summed E-state index contributed by atoms with van der Waals surface area (Å²) in [6, 6.07) is 10.6. The second-order valence-electron chi connectivity index (χ2n) is 5.14. The van der Waals surface area contributed by atoms with Crippen LogP contribution in [0.1, 0.15) is 32.3 Å². The molecule has 0 N–H and O–H groups in total. The quantitative estimate of drug-likeness (QED) is 0.769. The number of rotatable bonds is 3. The van der Waals surface area contributed by atoms with E-state index in [4.69, 9.17) is 0 Å². The first-order valence-electron chi connectivity index (χ1n) is 6.43. The molecular formula is C16H20O. The molecule has 1 aliphatic carbocycles. The maximum absolute atomic E-state index is 11.7. The SMILES string of the molecule is CC1=CC(CCc2ccccc2)CC(C)C1=O. The van der Waals surface area contributed by atoms with Gasteiger partial charge in [-0.15, -0.1) is 0 Å². The fraction of sp³-hybridized carbons (Fsp3) is 0.438. The van der Waals surface area contributed by atoms with Gasteiger partial charge in [0.25, 0.3) is 0 Å². The van der Waals surface area contributed by atoms with Crippen molar-refractivity contribution in [3.63, 3.8) is 0 Å². The van der Waals surface area contributed by atoms with E-state index in [1.807, 2.05) is 13.8 Å². The highest BCUT2D eigenvalue weighted by Gasteiger charge is 2.24. The first-order valence-corrected chi connectivity index (χ1v) is 6.43. The molecule has 0 spiro atoms. The largest absolute Gasteiger partial charge is 0.294 e. The summed E-state index contributed by atoms with van der Waals surface area (Å²) in [6.45, 7) is 4.00. The lowest BCUT2D eigenvalue weighted by Gasteiger charge is -2.23. The summed E-state index contributed by atoms with van der Waals surface area (Å²) in [5.41, 5.74) is 2.35. The molecule has 17 heavy (non-hydrogen) atoms. The first-order chi connectivity index (χ1) is 8.16. The summed E-state index contributed by atoms with van der Waals surface area (Å²) in [5.74, 6) is 1.12. The highest BCUT2D eigenvalue weighted by atomic mass is 16.1. The van der Waals surface area contributed by atoms with Gasteiger partial charge in [-0.05, 0) is 43.2 Å². The van der Waals surface area contributed by atoms with Crippen molar-refractivity contribution in [1.82, 2.24) is 0 Å². The number of allylic oxidation sites excluding steroid dienone is 2. The molecule has 0 fully saturated rings. The molecule has 0 radical (unpaired) electrons. The zero-order chi connectivity index (χ0) is 12.3. The topological polar surface area (TPSA) is 17.1 Å². The molecule has 0 aromatic heterocycles. The summed E-state index contributed by atoms with van der Waals surface area (Å²) in [4.78, 5) is 11.7. The molecule has 2 unspecified atom stereocenters. The number of Topliss-reactive ketones (excluding diaryl/α,β-unsaturated/α-hetero) is 1. The van der Waals surface area contributed by atoms with Crippen LogP contribution in [0.5, 0.6) is 0 Å². The van der Waals surface area contributed by atoms with E-state index in [2.05, 4.69) is 36.4 Å². The first kappa shape index (κ1) is 12.1. The van der Waals surface area contributed by atoms with Gasteiger partial charge in [0.1, 0.15) is 0 Å². The van der Waals surface area contributed by atoms with Crippen molar-refractivity contribution in [2.75, 3.05) is 0 Å². The van der Waals surface area contributed by atoms with Crippen molar-refractivity contribution in [3.8, 4) is 0 Å². The minimum atomic E-state index is 0.209. The smallest absolute Gasteiger partial charge is 0.161 e. The standard InChI is InChI=1S/C16H20O/c1-12-10-15(11-13(2)16(12)17)9-8-14-6-4-3-5-7-14/h3-7,10,13,15H,8-9,11H2,1-2H3. The van der Waals surface area contributed by atoms with Crippen LogP contribution in [0.2, 0.25) is 0 Å². The average Bonchev–Trinajstić information content (AvgIpc) is 2.34. The molecule has 1 heteroatoms. The molecule has 1 nitrogen and oxygen atoms in total. The molecule has 0 saturated carbocycles. The maximum Gasteiger partial charge on any atom is 0.161 e. The van der Waals surface area contributed by atoms with Gasteiger partial charge in [0.05, 0.1) is 0 Å². The highest BCUT2D eigenvalue weighted by molar-refractivity contribution is 5.97. The third kappa shape index (κ3) is 3.06. The Balaban J connectivity index is 1.95. The van der Waals surface area contributed by atoms with Gasteiger partial charge in [0.15, 0.2) is 5.78 Å². The van der Waals surface area contributed by atoms with E-state index in [9.17, 15) is 4.79 Å². The van der Waals surface area contributed by atoms with Crippen molar-refractivity contribution < 1.29 is 4.79 Å². The van der Waals surface area contributed by atoms with Crippen molar-refractivity contribution in [1.29, 1.82) is 0 Å². The molecule has 0 bridgehead atoms. The Hall–Kier alpha value is -1.37. The zero-order valence-electron chi connectivity index (χ0n) is 10.6. The maximum atomic E-state index is 11.7. The van der Waals surface area contributed by atoms with Crippen LogP contribution in [0.4, 0.5) is 0 Å². The molecule has 1 aromatic rings. The number of carbonyl (C=O) groups excluding carboxylic acids is 1. The Labute approximate surface area is 104 Å². The molecule has 0 aliphatic heterocycles. The van der Waals surface area contributed by atoms with Gasteiger partial charge >= 0.3 is 0 Å². The number of hydrogen-bond donors (Lipinski definition) is 0. The number of ketones is 1. The van der Waals surface area contributed by atoms with Gasteiger partial charge in [-0.25, -0.2) is 0 Å². The van der Waals surface area contributed by atoms with Gasteiger partial charge in [0.2, 0.25) is 0 Å². The van der Waals surface area contributed by atoms with Crippen molar-refractivity contribution in [2.24, 2.45) is 11.8 Å². The Kier molecular flexibility index (Phi) is 3.78. The number of hydrogen-bond acceptors (Lipinski definition) is 1. The minimum absolute atomic E-state index is 0.209. The van der Waals surface area contributed by atoms with Crippen molar-refractivity contribution in [2.45, 2.75) is 33.1 Å². The van der Waals surface area contributed by atoms with E-state index in [0.717, 1.165) is 24.8 Å². The predicted octanol–water partition coefficient (Wildman–Crippen LogP) is 3.79. The molecule has 90 valence electrons. The molecule has 1 aromatic carbocycles. The fourth-order valence-electron chi connectivity index (χ4n) is 2.65. The van der Waals surface area contributed by atoms with Crippen molar-refractivity contribution >= 4 is 5.78 Å². The van der Waals surface area contributed by atoms with Gasteiger partial charge in [-0.1, -0.05) is 43.3 Å². The second kappa shape index (κ2) is 5.31. The Morgan fingerprint density at radius 2 is 1.94 bits per heavy atom. The van der Waals surface area contributed by atoms with Crippen LogP contribution in [-0.2, 0) is 11.2 Å². The monoisotopic (exact) mass is 228 g/mol. The molecule has 0 amide bonds. The lowest BCUT2D eigenvalue weighted by Crippen LogP contribution is -2.21. The third-order valence-electron chi connectivity index (χ3n) is 3.62. The summed E-state index contributed by atoms with van der Waals surface area (Å²) in [7, 11) is 0. The average molecular weight is 228 g/mol. The number of carbonyl (C=O) groups is 1. The normalized spacial score (nSPS) is 24.6. The molecule has 0 saturated heterocycles. The summed E-state index contributed by atoms with van der Waals surface area (Å²) in [5, 5.41) is 0. The van der Waals surface area contributed by atoms with Gasteiger partial charge in [-0.2, -0.15) is 0 Å². The Morgan fingerprint density at radius 3 is 2.59 bits per heavy atom. The fourth-order valence-corrected chi connectivity index (χ4v) is 2.65. The van der Waals surface area contributed by atoms with E-state index in [0.29, 0.717) is 11.7 Å². The van der Waals surface area contributed by atoms with Crippen LogP contribution in [0, 0.1) is 11.8 Å². The Morgan fingerprint density at radius 1 is 1.24 bits per heavy atom. The molecule has 1 aliphatic rings. The zero-order valence-corrected chi connectivity index (χ0v) is 10.6. The second-order valence-corrected chi connectivity index (χ2v) is 5.14. The van der Waals surface area contributed by atoms with Crippen LogP contribution in [-0.4, -0.2) is 5.78 Å². The van der Waals surface area contributed by atoms with E-state index in [1.165, 1.54) is 5.56 Å². The van der Waals surface area contributed by atoms with E-state index in [-0.39, 0.29) is 5.92 Å². The number of benzene rings is 1. The van der Waals surface area contributed by atoms with E-state index >= 15 is 0 Å². The number of aryl methyl sites for hydroxylation is 1. The molecular weight excluding hydrogens is 208 g/mol. The van der Waals surface area contributed by atoms with Crippen LogP contribution < -0.4 is 0 Å². The van der Waals surface area contributed by atoms with Crippen LogP contribution >= 0.6 is 0 Å². The van der Waals surface area contributed by atoms with Gasteiger partial charge in [-0.3, -0.25) is 4.79 Å². The molecule has 0 heterocycles. The minimum Gasteiger partial charge on any atom is -0.294 e. The molecule has 2 rings (SSSR count). The lowest BCUT2D eigenvalue weighted by atomic mass is 9.80. The van der Waals surface area contributed by atoms with Gasteiger partial charge < -0.3 is 0 Å². The van der Waals surface area contributed by atoms with Gasteiger partial charge in [0, 0.05) is 5.92 Å². The summed E-state index contributed by atoms with van der Waals surface area (Å²) in [6.07, 6.45) is 5.45. The van der Waals surface area contributed by atoms with Crippen molar-refractivity contribution in [3.05, 3.63) is 47.5 Å². The molecule has 2 atom stereocenters. The predicted molar refractivity (Wildman–Crippen MR) is 70.8 cm³/mol. The van der Waals surface area contributed by atoms with Crippen LogP contribution in [0.15, 0.2) is 42.0 Å². The van der Waals surface area contributed by atoms with Crippen LogP contribution in [0.25, 0.3) is 0 Å². The highest BCUT2D eigenvalue weighted by Crippen LogP contribution is 2.28. The summed E-state index contributed by atoms with van der Waals surface area (Å²) < 4.78 is 0.